The van der Waals surface area contributed by atoms with Crippen molar-refractivity contribution in [3.63, 3.8) is 0 Å². The summed E-state index contributed by atoms with van der Waals surface area (Å²) < 4.78 is 20.1. The predicted octanol–water partition coefficient (Wildman–Crippen LogP) is 2.21. The van der Waals surface area contributed by atoms with E-state index in [0.29, 0.717) is 18.5 Å². The van der Waals surface area contributed by atoms with E-state index in [9.17, 15) is 14.0 Å². The first kappa shape index (κ1) is 17.1. The summed E-state index contributed by atoms with van der Waals surface area (Å²) in [6.07, 6.45) is 6.56. The van der Waals surface area contributed by atoms with Crippen LogP contribution in [0.5, 0.6) is 5.75 Å². The lowest BCUT2D eigenvalue weighted by Crippen LogP contribution is -2.48. The lowest BCUT2D eigenvalue weighted by atomic mass is 9.96. The van der Waals surface area contributed by atoms with E-state index in [1.165, 1.54) is 17.0 Å². The van der Waals surface area contributed by atoms with Crippen LogP contribution in [0.1, 0.15) is 33.6 Å². The summed E-state index contributed by atoms with van der Waals surface area (Å²) in [5, 5.41) is 0. The Labute approximate surface area is 145 Å². The fourth-order valence-electron chi connectivity index (χ4n) is 2.53. The highest BCUT2D eigenvalue weighted by Crippen LogP contribution is 2.50. The molecule has 1 aliphatic heterocycles. The van der Waals surface area contributed by atoms with Gasteiger partial charge < -0.3 is 4.74 Å². The van der Waals surface area contributed by atoms with Gasteiger partial charge in [0, 0.05) is 24.3 Å². The van der Waals surface area contributed by atoms with Crippen molar-refractivity contribution in [1.82, 2.24) is 5.43 Å². The first-order valence-electron chi connectivity index (χ1n) is 8.02. The normalized spacial score (nSPS) is 17.4. The van der Waals surface area contributed by atoms with Gasteiger partial charge >= 0.3 is 0 Å². The predicted molar refractivity (Wildman–Crippen MR) is 91.4 cm³/mol. The van der Waals surface area contributed by atoms with Crippen LogP contribution >= 0.6 is 0 Å². The van der Waals surface area contributed by atoms with E-state index in [1.807, 2.05) is 0 Å². The van der Waals surface area contributed by atoms with Crippen molar-refractivity contribution >= 4 is 23.2 Å². The number of hydrogen-bond acceptors (Lipinski definition) is 4. The Hall–Kier alpha value is -2.75. The molecule has 0 saturated heterocycles. The summed E-state index contributed by atoms with van der Waals surface area (Å²) in [6, 6.07) is 2.62. The van der Waals surface area contributed by atoms with Gasteiger partial charge in [-0.05, 0) is 6.07 Å². The molecule has 1 spiro atoms. The minimum atomic E-state index is -0.897. The largest absolute Gasteiger partial charge is 0.475 e. The standard InChI is InChI=1S/C18H20FN3O3/c1-5-8-22-13-10-12(20-21-15(23)17(2,3)4)11(19)9-14(13)25-18(6-7-18)16(22)24/h1,9-10,20H,6-8H2,2-4H3,(H,21,23). The van der Waals surface area contributed by atoms with Crippen LogP contribution in [0, 0.1) is 23.6 Å². The maximum atomic E-state index is 14.4. The second kappa shape index (κ2) is 5.66. The molecule has 0 radical (unpaired) electrons. The smallest absolute Gasteiger partial charge is 0.272 e. The number of anilines is 2. The second-order valence-electron chi connectivity index (χ2n) is 7.32. The van der Waals surface area contributed by atoms with Crippen LogP contribution in [0.3, 0.4) is 0 Å². The minimum absolute atomic E-state index is 0.0292. The summed E-state index contributed by atoms with van der Waals surface area (Å²) in [5.74, 6) is 1.61. The molecular formula is C18H20FN3O3. The van der Waals surface area contributed by atoms with E-state index in [2.05, 4.69) is 16.8 Å². The molecule has 25 heavy (non-hydrogen) atoms. The number of nitrogens with one attached hydrogen (secondary N) is 2. The molecule has 2 N–H and O–H groups in total. The van der Waals surface area contributed by atoms with Crippen molar-refractivity contribution < 1.29 is 18.7 Å². The SMILES string of the molecule is C#CCN1C(=O)C2(CC2)Oc2cc(F)c(NNC(=O)C(C)(C)C)cc21. The first-order chi connectivity index (χ1) is 11.7. The zero-order chi connectivity index (χ0) is 18.4. The molecule has 1 aromatic rings. The summed E-state index contributed by atoms with van der Waals surface area (Å²) in [4.78, 5) is 25.9. The maximum Gasteiger partial charge on any atom is 0.272 e. The molecule has 0 unspecified atom stereocenters. The van der Waals surface area contributed by atoms with Crippen molar-refractivity contribution in [2.75, 3.05) is 16.9 Å². The van der Waals surface area contributed by atoms with Crippen LogP contribution in [-0.4, -0.2) is 24.0 Å². The Morgan fingerprint density at radius 2 is 2.12 bits per heavy atom. The van der Waals surface area contributed by atoms with Gasteiger partial charge in [0.1, 0.15) is 5.75 Å². The molecule has 1 fully saturated rings. The van der Waals surface area contributed by atoms with Gasteiger partial charge in [-0.25, -0.2) is 4.39 Å². The Balaban J connectivity index is 1.90. The third-order valence-electron chi connectivity index (χ3n) is 4.23. The average Bonchev–Trinajstić information content (AvgIpc) is 3.30. The van der Waals surface area contributed by atoms with Gasteiger partial charge in [0.25, 0.3) is 5.91 Å². The van der Waals surface area contributed by atoms with E-state index >= 15 is 0 Å². The van der Waals surface area contributed by atoms with Gasteiger partial charge in [0.05, 0.1) is 17.9 Å². The summed E-state index contributed by atoms with van der Waals surface area (Å²) in [5.41, 5.74) is 3.90. The van der Waals surface area contributed by atoms with Crippen LogP contribution in [0.2, 0.25) is 0 Å². The molecule has 3 rings (SSSR count). The number of nitrogens with zero attached hydrogens (tertiary/aromatic N) is 1. The minimum Gasteiger partial charge on any atom is -0.475 e. The number of halogens is 1. The molecule has 1 aliphatic carbocycles. The number of ether oxygens (including phenoxy) is 1. The van der Waals surface area contributed by atoms with Crippen molar-refractivity contribution in [1.29, 1.82) is 0 Å². The van der Waals surface area contributed by atoms with Crippen molar-refractivity contribution in [3.8, 4) is 18.1 Å². The fourth-order valence-corrected chi connectivity index (χ4v) is 2.53. The Kier molecular flexibility index (Phi) is 3.87. The molecule has 2 amide bonds. The molecular weight excluding hydrogens is 325 g/mol. The Bertz CT molecular complexity index is 788. The summed E-state index contributed by atoms with van der Waals surface area (Å²) in [7, 11) is 0. The molecule has 6 nitrogen and oxygen atoms in total. The Morgan fingerprint density at radius 3 is 2.68 bits per heavy atom. The van der Waals surface area contributed by atoms with Crippen molar-refractivity contribution in [3.05, 3.63) is 17.9 Å². The molecule has 1 aromatic carbocycles. The molecule has 2 aliphatic rings. The zero-order valence-corrected chi connectivity index (χ0v) is 14.4. The van der Waals surface area contributed by atoms with E-state index in [1.54, 1.807) is 20.8 Å². The molecule has 0 atom stereocenters. The van der Waals surface area contributed by atoms with Crippen molar-refractivity contribution in [2.45, 2.75) is 39.2 Å². The molecule has 1 saturated carbocycles. The number of terminal acetylenes is 1. The first-order valence-corrected chi connectivity index (χ1v) is 8.02. The van der Waals surface area contributed by atoms with Gasteiger partial charge in [0.2, 0.25) is 5.91 Å². The number of carbonyl (C=O) groups excluding carboxylic acids is 2. The Morgan fingerprint density at radius 1 is 1.44 bits per heavy atom. The number of hydrogen-bond donors (Lipinski definition) is 2. The van der Waals surface area contributed by atoms with E-state index < -0.39 is 16.8 Å². The van der Waals surface area contributed by atoms with Crippen LogP contribution in [0.15, 0.2) is 12.1 Å². The second-order valence-corrected chi connectivity index (χ2v) is 7.32. The third kappa shape index (κ3) is 3.00. The number of benzene rings is 1. The fraction of sp³-hybridized carbons (Fsp3) is 0.444. The van der Waals surface area contributed by atoms with Crippen LogP contribution in [0.25, 0.3) is 0 Å². The summed E-state index contributed by atoms with van der Waals surface area (Å²) in [6.45, 7) is 5.28. The van der Waals surface area contributed by atoms with Crippen molar-refractivity contribution in [2.24, 2.45) is 5.41 Å². The van der Waals surface area contributed by atoms with Crippen LogP contribution in [0.4, 0.5) is 15.8 Å². The monoisotopic (exact) mass is 345 g/mol. The van der Waals surface area contributed by atoms with E-state index in [-0.39, 0.29) is 29.8 Å². The van der Waals surface area contributed by atoms with Crippen LogP contribution in [-0.2, 0) is 9.59 Å². The topological polar surface area (TPSA) is 70.7 Å². The lowest BCUT2D eigenvalue weighted by Gasteiger charge is -2.34. The third-order valence-corrected chi connectivity index (χ3v) is 4.23. The van der Waals surface area contributed by atoms with E-state index in [0.717, 1.165) is 0 Å². The number of fused-ring (bicyclic) bond motifs is 1. The highest BCUT2D eigenvalue weighted by Gasteiger charge is 2.58. The quantitative estimate of drug-likeness (QED) is 0.651. The van der Waals surface area contributed by atoms with Crippen LogP contribution < -0.4 is 20.5 Å². The van der Waals surface area contributed by atoms with Gasteiger partial charge in [-0.2, -0.15) is 0 Å². The highest BCUT2D eigenvalue weighted by atomic mass is 19.1. The molecule has 132 valence electrons. The van der Waals surface area contributed by atoms with Gasteiger partial charge in [-0.3, -0.25) is 25.3 Å². The van der Waals surface area contributed by atoms with Gasteiger partial charge in [0.15, 0.2) is 11.4 Å². The molecule has 1 heterocycles. The number of carbonyl (C=O) groups is 2. The number of hydrazine groups is 1. The average molecular weight is 345 g/mol. The van der Waals surface area contributed by atoms with Gasteiger partial charge in [-0.1, -0.05) is 26.7 Å². The highest BCUT2D eigenvalue weighted by molar-refractivity contribution is 6.05. The molecule has 0 aromatic heterocycles. The number of rotatable bonds is 3. The summed E-state index contributed by atoms with van der Waals surface area (Å²) >= 11 is 0. The molecule has 7 heteroatoms. The maximum absolute atomic E-state index is 14.4. The molecule has 0 bridgehead atoms. The number of amides is 2. The van der Waals surface area contributed by atoms with E-state index in [4.69, 9.17) is 11.2 Å². The zero-order valence-electron chi connectivity index (χ0n) is 14.4. The lowest BCUT2D eigenvalue weighted by molar-refractivity contribution is -0.128. The van der Waals surface area contributed by atoms with Gasteiger partial charge in [-0.15, -0.1) is 6.42 Å².